The van der Waals surface area contributed by atoms with Crippen LogP contribution in [0.3, 0.4) is 0 Å². The molecule has 0 unspecified atom stereocenters. The SMILES string of the molecule is CCO[Si](OCC)(OCC)c1cc2ccc3cc([Si](Cl)(Cl)Cl)cc4ccc(c1)c2c34. The fourth-order valence-electron chi connectivity index (χ4n) is 4.12. The first-order valence-electron chi connectivity index (χ1n) is 10.0. The molecule has 0 aliphatic heterocycles. The van der Waals surface area contributed by atoms with Crippen LogP contribution in [0.15, 0.2) is 48.5 Å². The maximum Gasteiger partial charge on any atom is 0.537 e. The van der Waals surface area contributed by atoms with Crippen molar-refractivity contribution in [1.29, 1.82) is 0 Å². The zero-order valence-corrected chi connectivity index (χ0v) is 21.4. The molecular formula is C22H23Cl3O3Si2. The molecule has 158 valence electrons. The Hall–Kier alpha value is -0.896. The summed E-state index contributed by atoms with van der Waals surface area (Å²) in [5, 5.41) is 8.55. The normalized spacial score (nSPS) is 13.1. The van der Waals surface area contributed by atoms with E-state index in [1.807, 2.05) is 32.9 Å². The van der Waals surface area contributed by atoms with Crippen molar-refractivity contribution >= 4 is 90.7 Å². The van der Waals surface area contributed by atoms with Gasteiger partial charge in [-0.15, -0.1) is 33.2 Å². The molecule has 0 aromatic heterocycles. The lowest BCUT2D eigenvalue weighted by Gasteiger charge is -2.29. The lowest BCUT2D eigenvalue weighted by molar-refractivity contribution is 0.0859. The number of halogens is 3. The van der Waals surface area contributed by atoms with Crippen molar-refractivity contribution in [3.8, 4) is 0 Å². The van der Waals surface area contributed by atoms with Crippen LogP contribution in [0.1, 0.15) is 20.8 Å². The lowest BCUT2D eigenvalue weighted by atomic mass is 9.94. The predicted octanol–water partition coefficient (Wildman–Crippen LogP) is 5.70. The molecule has 8 heteroatoms. The zero-order valence-electron chi connectivity index (χ0n) is 17.1. The number of benzene rings is 4. The summed E-state index contributed by atoms with van der Waals surface area (Å²) in [6.07, 6.45) is 0. The van der Waals surface area contributed by atoms with Crippen molar-refractivity contribution < 1.29 is 13.3 Å². The van der Waals surface area contributed by atoms with Gasteiger partial charge in [0.05, 0.1) is 0 Å². The molecule has 3 nitrogen and oxygen atoms in total. The highest BCUT2D eigenvalue weighted by atomic mass is 35.8. The van der Waals surface area contributed by atoms with Gasteiger partial charge < -0.3 is 13.3 Å². The van der Waals surface area contributed by atoms with Crippen LogP contribution in [0.5, 0.6) is 0 Å². The van der Waals surface area contributed by atoms with E-state index in [1.165, 1.54) is 10.8 Å². The average Bonchev–Trinajstić information content (AvgIpc) is 2.71. The van der Waals surface area contributed by atoms with Crippen LogP contribution < -0.4 is 10.4 Å². The van der Waals surface area contributed by atoms with Gasteiger partial charge in [0.25, 0.3) is 0 Å². The van der Waals surface area contributed by atoms with Gasteiger partial charge in [0.1, 0.15) is 0 Å². The molecule has 0 atom stereocenters. The van der Waals surface area contributed by atoms with Crippen molar-refractivity contribution in [1.82, 2.24) is 0 Å². The molecule has 0 aliphatic carbocycles. The Labute approximate surface area is 192 Å². The van der Waals surface area contributed by atoms with E-state index in [-0.39, 0.29) is 0 Å². The highest BCUT2D eigenvalue weighted by molar-refractivity contribution is 7.69. The quantitative estimate of drug-likeness (QED) is 0.177. The van der Waals surface area contributed by atoms with E-state index >= 15 is 0 Å². The summed E-state index contributed by atoms with van der Waals surface area (Å²) in [5.74, 6) is 0. The van der Waals surface area contributed by atoms with Gasteiger partial charge in [0.2, 0.25) is 0 Å². The minimum Gasteiger partial charge on any atom is -0.370 e. The van der Waals surface area contributed by atoms with Gasteiger partial charge in [-0.1, -0.05) is 36.4 Å². The molecule has 0 bridgehead atoms. The fraction of sp³-hybridized carbons (Fsp3) is 0.273. The largest absolute Gasteiger partial charge is 0.537 e. The van der Waals surface area contributed by atoms with Crippen LogP contribution in [-0.4, -0.2) is 34.6 Å². The smallest absolute Gasteiger partial charge is 0.370 e. The molecule has 0 aliphatic rings. The first-order chi connectivity index (χ1) is 14.3. The minimum absolute atomic E-state index is 0.529. The van der Waals surface area contributed by atoms with Crippen LogP contribution in [0.25, 0.3) is 32.3 Å². The first kappa shape index (κ1) is 22.3. The Balaban J connectivity index is 1.99. The van der Waals surface area contributed by atoms with Crippen molar-refractivity contribution in [2.24, 2.45) is 0 Å². The topological polar surface area (TPSA) is 27.7 Å². The third kappa shape index (κ3) is 3.87. The predicted molar refractivity (Wildman–Crippen MR) is 133 cm³/mol. The second-order valence-electron chi connectivity index (χ2n) is 7.08. The molecule has 0 saturated heterocycles. The molecule has 0 amide bonds. The summed E-state index contributed by atoms with van der Waals surface area (Å²) in [6.45, 7) is 7.49. The monoisotopic (exact) mass is 496 g/mol. The third-order valence-electron chi connectivity index (χ3n) is 5.22. The summed E-state index contributed by atoms with van der Waals surface area (Å²) < 4.78 is 18.4. The van der Waals surface area contributed by atoms with E-state index in [0.29, 0.717) is 19.8 Å². The lowest BCUT2D eigenvalue weighted by Crippen LogP contribution is -2.56. The molecule has 0 fully saturated rings. The Morgan fingerprint density at radius 1 is 0.600 bits per heavy atom. The Morgan fingerprint density at radius 3 is 1.23 bits per heavy atom. The Kier molecular flexibility index (Phi) is 6.37. The van der Waals surface area contributed by atoms with Crippen molar-refractivity contribution in [2.75, 3.05) is 19.8 Å². The molecule has 0 heterocycles. The Morgan fingerprint density at radius 2 is 0.933 bits per heavy atom. The molecular weight excluding hydrogens is 475 g/mol. The van der Waals surface area contributed by atoms with Crippen LogP contribution in [0, 0.1) is 0 Å². The van der Waals surface area contributed by atoms with Gasteiger partial charge in [-0.25, -0.2) is 0 Å². The van der Waals surface area contributed by atoms with E-state index < -0.39 is 14.8 Å². The van der Waals surface area contributed by atoms with E-state index in [2.05, 4.69) is 36.4 Å². The fourth-order valence-corrected chi connectivity index (χ4v) is 8.30. The van der Waals surface area contributed by atoms with Crippen LogP contribution in [0.2, 0.25) is 0 Å². The van der Waals surface area contributed by atoms with E-state index in [9.17, 15) is 0 Å². The molecule has 0 spiro atoms. The maximum atomic E-state index is 6.29. The Bertz CT molecular complexity index is 1110. The molecule has 4 aromatic carbocycles. The van der Waals surface area contributed by atoms with Crippen LogP contribution in [0.4, 0.5) is 0 Å². The number of hydrogen-bond donors (Lipinski definition) is 0. The number of rotatable bonds is 8. The maximum absolute atomic E-state index is 6.29. The highest BCUT2D eigenvalue weighted by Crippen LogP contribution is 2.35. The van der Waals surface area contributed by atoms with E-state index in [0.717, 1.165) is 31.9 Å². The van der Waals surface area contributed by atoms with Gasteiger partial charge in [-0.3, -0.25) is 0 Å². The van der Waals surface area contributed by atoms with Crippen molar-refractivity contribution in [3.05, 3.63) is 48.5 Å². The molecule has 4 rings (SSSR count). The standard InChI is InChI=1S/C22H23Cl3O3Si2/c1-4-26-30(27-5-2,28-6-3)20-13-17-9-7-15-11-19(29(23,24)25)12-16-8-10-18(14-20)22(17)21(15)16/h7-14H,4-6H2,1-3H3. The summed E-state index contributed by atoms with van der Waals surface area (Å²) in [4.78, 5) is 0. The first-order valence-corrected chi connectivity index (χ1v) is 16.8. The summed E-state index contributed by atoms with van der Waals surface area (Å²) in [6, 6.07) is 13.7. The second kappa shape index (κ2) is 8.56. The van der Waals surface area contributed by atoms with Crippen molar-refractivity contribution in [3.63, 3.8) is 0 Å². The molecule has 30 heavy (non-hydrogen) atoms. The van der Waals surface area contributed by atoms with Crippen LogP contribution in [-0.2, 0) is 13.3 Å². The molecule has 4 aromatic rings. The van der Waals surface area contributed by atoms with Crippen LogP contribution >= 0.6 is 33.2 Å². The molecule has 0 radical (unpaired) electrons. The highest BCUT2D eigenvalue weighted by Gasteiger charge is 2.43. The van der Waals surface area contributed by atoms with Crippen molar-refractivity contribution in [2.45, 2.75) is 20.8 Å². The molecule has 0 saturated carbocycles. The zero-order chi connectivity index (χ0) is 21.5. The number of hydrogen-bond acceptors (Lipinski definition) is 3. The van der Waals surface area contributed by atoms with E-state index in [4.69, 9.17) is 46.5 Å². The minimum atomic E-state index is -3.00. The van der Waals surface area contributed by atoms with Gasteiger partial charge in [0.15, 0.2) is 0 Å². The second-order valence-corrected chi connectivity index (χ2v) is 18.1. The molecule has 0 N–H and O–H groups in total. The van der Waals surface area contributed by atoms with Gasteiger partial charge in [-0.05, 0) is 70.4 Å². The summed E-state index contributed by atoms with van der Waals surface area (Å²) in [5.41, 5.74) is 0. The summed E-state index contributed by atoms with van der Waals surface area (Å²) in [7, 11) is -3.00. The van der Waals surface area contributed by atoms with Gasteiger partial charge in [-0.2, -0.15) is 0 Å². The third-order valence-corrected chi connectivity index (χ3v) is 11.1. The average molecular weight is 498 g/mol. The van der Waals surface area contributed by atoms with Gasteiger partial charge >= 0.3 is 14.8 Å². The summed E-state index contributed by atoms with van der Waals surface area (Å²) >= 11 is 18.9. The van der Waals surface area contributed by atoms with E-state index in [1.54, 1.807) is 0 Å². The van der Waals surface area contributed by atoms with Gasteiger partial charge in [0, 0.05) is 25.0 Å².